The number of nitrogens with zero attached hydrogens (tertiary/aromatic N) is 1. The molecular formula is C15H12F3N3O2. The van der Waals surface area contributed by atoms with Crippen LogP contribution in [-0.2, 0) is 4.79 Å². The van der Waals surface area contributed by atoms with Crippen LogP contribution in [0.25, 0.3) is 0 Å². The molecule has 120 valence electrons. The maximum absolute atomic E-state index is 13.6. The van der Waals surface area contributed by atoms with Crippen LogP contribution < -0.4 is 10.6 Å². The lowest BCUT2D eigenvalue weighted by molar-refractivity contribution is -0.197. The summed E-state index contributed by atoms with van der Waals surface area (Å²) in [7, 11) is 0. The van der Waals surface area contributed by atoms with Crippen molar-refractivity contribution in [2.45, 2.75) is 18.6 Å². The minimum atomic E-state index is -5.17. The smallest absolute Gasteiger partial charge is 0.329 e. The van der Waals surface area contributed by atoms with Gasteiger partial charge in [0, 0.05) is 11.3 Å². The summed E-state index contributed by atoms with van der Waals surface area (Å²) in [6, 6.07) is 7.25. The van der Waals surface area contributed by atoms with Crippen molar-refractivity contribution < 1.29 is 22.8 Å². The van der Waals surface area contributed by atoms with Gasteiger partial charge in [-0.1, -0.05) is 24.3 Å². The van der Waals surface area contributed by atoms with E-state index in [1.165, 1.54) is 24.3 Å². The van der Waals surface area contributed by atoms with Gasteiger partial charge in [0.25, 0.3) is 11.8 Å². The lowest BCUT2D eigenvalue weighted by Crippen LogP contribution is -2.66. The van der Waals surface area contributed by atoms with Gasteiger partial charge in [0.1, 0.15) is 5.92 Å². The average Bonchev–Trinajstić information content (AvgIpc) is 2.69. The monoisotopic (exact) mass is 323 g/mol. The molecule has 2 atom stereocenters. The summed E-state index contributed by atoms with van der Waals surface area (Å²) in [5.41, 5.74) is -3.15. The Morgan fingerprint density at radius 3 is 2.65 bits per heavy atom. The van der Waals surface area contributed by atoms with Gasteiger partial charge in [-0.3, -0.25) is 9.59 Å². The van der Waals surface area contributed by atoms with E-state index >= 15 is 0 Å². The van der Waals surface area contributed by atoms with Crippen molar-refractivity contribution in [2.75, 3.05) is 0 Å². The molecule has 0 radical (unpaired) electrons. The van der Waals surface area contributed by atoms with Crippen LogP contribution in [0.15, 0.2) is 36.5 Å². The van der Waals surface area contributed by atoms with Crippen LogP contribution in [0.2, 0.25) is 0 Å². The Morgan fingerprint density at radius 1 is 1.48 bits per heavy atom. The highest BCUT2D eigenvalue weighted by Gasteiger charge is 2.70. The number of halogens is 3. The molecule has 1 aliphatic heterocycles. The molecule has 2 amide bonds. The number of nitrogens with one attached hydrogen (secondary N) is 2. The summed E-state index contributed by atoms with van der Waals surface area (Å²) in [5.74, 6) is -4.58. The Labute approximate surface area is 129 Å². The summed E-state index contributed by atoms with van der Waals surface area (Å²) in [5, 5.41) is 12.6. The summed E-state index contributed by atoms with van der Waals surface area (Å²) in [6.45, 7) is 4.92. The molecule has 0 saturated carbocycles. The topological polar surface area (TPSA) is 82.0 Å². The van der Waals surface area contributed by atoms with Crippen molar-refractivity contribution in [1.29, 1.82) is 5.26 Å². The predicted molar refractivity (Wildman–Crippen MR) is 73.8 cm³/mol. The molecule has 0 spiro atoms. The highest BCUT2D eigenvalue weighted by Crippen LogP contribution is 2.42. The van der Waals surface area contributed by atoms with Gasteiger partial charge in [-0.05, 0) is 19.1 Å². The molecular weight excluding hydrogens is 311 g/mol. The number of amides is 2. The second-order valence-corrected chi connectivity index (χ2v) is 5.17. The van der Waals surface area contributed by atoms with Crippen molar-refractivity contribution >= 4 is 11.8 Å². The number of alkyl halides is 3. The van der Waals surface area contributed by atoms with E-state index < -0.39 is 35.1 Å². The Hall–Kier alpha value is -2.82. The molecule has 1 aliphatic rings. The number of carbonyl (C=O) groups excluding carboxylic acids is 2. The van der Waals surface area contributed by atoms with Crippen molar-refractivity contribution in [1.82, 2.24) is 10.6 Å². The molecule has 0 bridgehead atoms. The van der Waals surface area contributed by atoms with Gasteiger partial charge >= 0.3 is 6.18 Å². The zero-order valence-electron chi connectivity index (χ0n) is 12.0. The van der Waals surface area contributed by atoms with E-state index in [4.69, 9.17) is 5.26 Å². The molecule has 0 aromatic heterocycles. The van der Waals surface area contributed by atoms with Crippen molar-refractivity contribution in [2.24, 2.45) is 5.92 Å². The second kappa shape index (κ2) is 5.43. The summed E-state index contributed by atoms with van der Waals surface area (Å²) in [6.07, 6.45) is -5.17. The molecule has 1 heterocycles. The minimum absolute atomic E-state index is 0.0457. The molecule has 1 aromatic rings. The Balaban J connectivity index is 2.50. The van der Waals surface area contributed by atoms with Gasteiger partial charge in [0.05, 0.1) is 6.07 Å². The third kappa shape index (κ3) is 2.54. The van der Waals surface area contributed by atoms with E-state index in [0.717, 1.165) is 0 Å². The summed E-state index contributed by atoms with van der Waals surface area (Å²) < 4.78 is 40.7. The Morgan fingerprint density at radius 2 is 2.13 bits per heavy atom. The standard InChI is InChI=1S/C15H12F3N3O2/c1-8-4-3-5-10(6-8)12(22)21-14(15(16,17)18)11(7-19)9(2)20-13(14)23/h3-6,11H,2H2,1H3,(H,20,23)(H,21,22)/t11-,14+/m0/s1. The highest BCUT2D eigenvalue weighted by molar-refractivity contribution is 6.02. The number of nitriles is 1. The van der Waals surface area contributed by atoms with Gasteiger partial charge in [-0.2, -0.15) is 18.4 Å². The van der Waals surface area contributed by atoms with E-state index in [9.17, 15) is 22.8 Å². The summed E-state index contributed by atoms with van der Waals surface area (Å²) in [4.78, 5) is 24.1. The number of rotatable bonds is 2. The van der Waals surface area contributed by atoms with E-state index in [1.54, 1.807) is 18.3 Å². The van der Waals surface area contributed by atoms with Crippen LogP contribution >= 0.6 is 0 Å². The van der Waals surface area contributed by atoms with Gasteiger partial charge in [-0.25, -0.2) is 0 Å². The quantitative estimate of drug-likeness (QED) is 0.871. The molecule has 1 aromatic carbocycles. The molecule has 23 heavy (non-hydrogen) atoms. The number of aryl methyl sites for hydroxylation is 1. The van der Waals surface area contributed by atoms with E-state index in [1.807, 2.05) is 5.32 Å². The number of hydrogen-bond acceptors (Lipinski definition) is 3. The van der Waals surface area contributed by atoms with Crippen molar-refractivity contribution in [3.8, 4) is 6.07 Å². The van der Waals surface area contributed by atoms with Crippen molar-refractivity contribution in [3.63, 3.8) is 0 Å². The molecule has 1 saturated heterocycles. The Kier molecular flexibility index (Phi) is 3.90. The van der Waals surface area contributed by atoms with Gasteiger partial charge in [-0.15, -0.1) is 0 Å². The molecule has 2 rings (SSSR count). The fraction of sp³-hybridized carbons (Fsp3) is 0.267. The maximum Gasteiger partial charge on any atom is 0.422 e. The van der Waals surface area contributed by atoms with Crippen LogP contribution in [0.1, 0.15) is 15.9 Å². The fourth-order valence-corrected chi connectivity index (χ4v) is 2.41. The number of benzene rings is 1. The first-order valence-corrected chi connectivity index (χ1v) is 6.49. The maximum atomic E-state index is 13.6. The molecule has 5 nitrogen and oxygen atoms in total. The third-order valence-corrected chi connectivity index (χ3v) is 3.58. The predicted octanol–water partition coefficient (Wildman–Crippen LogP) is 1.81. The molecule has 0 aliphatic carbocycles. The van der Waals surface area contributed by atoms with Crippen LogP contribution in [0, 0.1) is 24.2 Å². The van der Waals surface area contributed by atoms with E-state index in [2.05, 4.69) is 6.58 Å². The largest absolute Gasteiger partial charge is 0.422 e. The SMILES string of the molecule is C=C1NC(=O)[C@@](NC(=O)c2cccc(C)c2)(C(F)(F)F)[C@H]1C#N. The van der Waals surface area contributed by atoms with Gasteiger partial charge < -0.3 is 10.6 Å². The molecule has 8 heteroatoms. The normalized spacial score (nSPS) is 24.0. The van der Waals surface area contributed by atoms with Crippen LogP contribution in [0.3, 0.4) is 0 Å². The third-order valence-electron chi connectivity index (χ3n) is 3.58. The fourth-order valence-electron chi connectivity index (χ4n) is 2.41. The Bertz CT molecular complexity index is 736. The van der Waals surface area contributed by atoms with Crippen LogP contribution in [0.4, 0.5) is 13.2 Å². The molecule has 1 fully saturated rings. The number of hydrogen-bond donors (Lipinski definition) is 2. The van der Waals surface area contributed by atoms with Crippen LogP contribution in [0.5, 0.6) is 0 Å². The minimum Gasteiger partial charge on any atom is -0.329 e. The lowest BCUT2D eigenvalue weighted by Gasteiger charge is -2.32. The first-order valence-electron chi connectivity index (χ1n) is 6.49. The first kappa shape index (κ1) is 16.5. The zero-order chi connectivity index (χ0) is 17.4. The second-order valence-electron chi connectivity index (χ2n) is 5.17. The highest BCUT2D eigenvalue weighted by atomic mass is 19.4. The van der Waals surface area contributed by atoms with E-state index in [-0.39, 0.29) is 5.56 Å². The molecule has 2 N–H and O–H groups in total. The van der Waals surface area contributed by atoms with Gasteiger partial charge in [0.2, 0.25) is 5.54 Å². The number of carbonyl (C=O) groups is 2. The van der Waals surface area contributed by atoms with Gasteiger partial charge in [0.15, 0.2) is 0 Å². The lowest BCUT2D eigenvalue weighted by atomic mass is 9.84. The van der Waals surface area contributed by atoms with Crippen molar-refractivity contribution in [3.05, 3.63) is 47.7 Å². The molecule has 0 unspecified atom stereocenters. The van der Waals surface area contributed by atoms with E-state index in [0.29, 0.717) is 5.56 Å². The summed E-state index contributed by atoms with van der Waals surface area (Å²) >= 11 is 0. The zero-order valence-corrected chi connectivity index (χ0v) is 12.0. The van der Waals surface area contributed by atoms with Crippen LogP contribution in [-0.4, -0.2) is 23.5 Å². The first-order chi connectivity index (χ1) is 10.6. The average molecular weight is 323 g/mol.